The second-order valence-corrected chi connectivity index (χ2v) is 8.48. The molecule has 1 aromatic carbocycles. The highest BCUT2D eigenvalue weighted by Gasteiger charge is 2.28. The van der Waals surface area contributed by atoms with E-state index in [0.717, 1.165) is 52.2 Å². The number of fused-ring (bicyclic) bond motifs is 1. The van der Waals surface area contributed by atoms with Crippen LogP contribution in [0.4, 0.5) is 5.13 Å². The minimum Gasteiger partial charge on any atom is -0.497 e. The van der Waals surface area contributed by atoms with Gasteiger partial charge in [0.15, 0.2) is 0 Å². The average molecular weight is 438 g/mol. The van der Waals surface area contributed by atoms with Crippen molar-refractivity contribution in [3.05, 3.63) is 54.6 Å². The molecule has 5 rings (SSSR count). The van der Waals surface area contributed by atoms with Gasteiger partial charge in [-0.2, -0.15) is 0 Å². The number of methoxy groups -OCH3 is 1. The summed E-state index contributed by atoms with van der Waals surface area (Å²) in [4.78, 5) is 20.4. The van der Waals surface area contributed by atoms with Crippen molar-refractivity contribution >= 4 is 27.3 Å². The van der Waals surface area contributed by atoms with Gasteiger partial charge in [-0.15, -0.1) is 5.10 Å². The Bertz CT molecular complexity index is 1130. The summed E-state index contributed by atoms with van der Waals surface area (Å²) in [5, 5.41) is 8.60. The molecule has 0 bridgehead atoms. The Labute approximate surface area is 183 Å². The third kappa shape index (κ3) is 4.13. The van der Waals surface area contributed by atoms with Gasteiger partial charge in [0.1, 0.15) is 11.5 Å². The summed E-state index contributed by atoms with van der Waals surface area (Å²) in [6, 6.07) is 11.5. The molecular formula is C22H23N5O3S. The molecule has 31 heavy (non-hydrogen) atoms. The Morgan fingerprint density at radius 1 is 1.32 bits per heavy atom. The number of hydrogen-bond acceptors (Lipinski definition) is 7. The number of anilines is 1. The minimum atomic E-state index is -0.0604. The number of ether oxygens (including phenoxy) is 1. The number of hydrogen-bond donors (Lipinski definition) is 1. The Hall–Kier alpha value is -3.33. The highest BCUT2D eigenvalue weighted by Crippen LogP contribution is 2.30. The predicted octanol–water partition coefficient (Wildman–Crippen LogP) is 3.59. The number of carbonyl (C=O) groups excluding carboxylic acids is 1. The van der Waals surface area contributed by atoms with E-state index in [4.69, 9.17) is 19.2 Å². The normalized spacial score (nSPS) is 16.5. The number of nitrogens with zero attached hydrogens (tertiary/aromatic N) is 4. The standard InChI is InChI=1S/C22H23N5O3S/c1-29-17-8-6-15(7-9-17)19-14-27-21(24-19)31-22(25-27)26-10-2-4-16(13-26)20(28)23-12-18-5-3-11-30-18/h3,5-9,11,14,16H,2,4,10,12-13H2,1H3,(H,23,28)/t16-/m0/s1. The van der Waals surface area contributed by atoms with Crippen LogP contribution in [0, 0.1) is 5.92 Å². The zero-order valence-corrected chi connectivity index (χ0v) is 18.0. The Morgan fingerprint density at radius 2 is 2.19 bits per heavy atom. The van der Waals surface area contributed by atoms with Crippen LogP contribution in [0.1, 0.15) is 18.6 Å². The average Bonchev–Trinajstić information content (AvgIpc) is 3.54. The van der Waals surface area contributed by atoms with Gasteiger partial charge in [0.05, 0.1) is 37.7 Å². The molecule has 1 saturated heterocycles. The van der Waals surface area contributed by atoms with E-state index in [2.05, 4.69) is 10.2 Å². The van der Waals surface area contributed by atoms with Crippen LogP contribution >= 0.6 is 11.3 Å². The van der Waals surface area contributed by atoms with Crippen LogP contribution in [0.3, 0.4) is 0 Å². The molecule has 3 aromatic heterocycles. The van der Waals surface area contributed by atoms with Gasteiger partial charge in [-0.05, 0) is 49.2 Å². The molecule has 0 radical (unpaired) electrons. The maximum absolute atomic E-state index is 12.6. The third-order valence-electron chi connectivity index (χ3n) is 5.50. The van der Waals surface area contributed by atoms with Crippen LogP contribution in [-0.2, 0) is 11.3 Å². The molecule has 0 saturated carbocycles. The molecule has 0 unspecified atom stereocenters. The lowest BCUT2D eigenvalue weighted by Gasteiger charge is -2.31. The van der Waals surface area contributed by atoms with Gasteiger partial charge in [0.2, 0.25) is 16.0 Å². The first-order valence-corrected chi connectivity index (χ1v) is 11.1. The Morgan fingerprint density at radius 3 is 2.94 bits per heavy atom. The molecule has 1 amide bonds. The van der Waals surface area contributed by atoms with Crippen LogP contribution in [-0.4, -0.2) is 40.7 Å². The van der Waals surface area contributed by atoms with Crippen molar-refractivity contribution in [2.75, 3.05) is 25.1 Å². The summed E-state index contributed by atoms with van der Waals surface area (Å²) >= 11 is 1.55. The van der Waals surface area contributed by atoms with Crippen molar-refractivity contribution in [3.63, 3.8) is 0 Å². The van der Waals surface area contributed by atoms with Crippen molar-refractivity contribution in [2.24, 2.45) is 5.92 Å². The largest absolute Gasteiger partial charge is 0.497 e. The van der Waals surface area contributed by atoms with E-state index in [-0.39, 0.29) is 11.8 Å². The molecule has 9 heteroatoms. The maximum Gasteiger partial charge on any atom is 0.225 e. The number of rotatable bonds is 6. The van der Waals surface area contributed by atoms with Crippen molar-refractivity contribution in [2.45, 2.75) is 19.4 Å². The molecule has 4 aromatic rings. The maximum atomic E-state index is 12.6. The Balaban J connectivity index is 1.26. The van der Waals surface area contributed by atoms with Crippen molar-refractivity contribution < 1.29 is 13.9 Å². The molecule has 1 atom stereocenters. The van der Waals surface area contributed by atoms with Crippen LogP contribution in [0.5, 0.6) is 5.75 Å². The molecule has 160 valence electrons. The number of amides is 1. The molecule has 1 aliphatic rings. The van der Waals surface area contributed by atoms with E-state index in [0.29, 0.717) is 13.1 Å². The molecular weight excluding hydrogens is 414 g/mol. The second kappa shape index (κ2) is 8.43. The number of imidazole rings is 1. The zero-order chi connectivity index (χ0) is 21.2. The zero-order valence-electron chi connectivity index (χ0n) is 17.2. The van der Waals surface area contributed by atoms with E-state index in [1.807, 2.05) is 47.1 Å². The van der Waals surface area contributed by atoms with E-state index in [1.54, 1.807) is 24.7 Å². The van der Waals surface area contributed by atoms with Crippen LogP contribution in [0.25, 0.3) is 16.2 Å². The van der Waals surface area contributed by atoms with Crippen molar-refractivity contribution in [1.29, 1.82) is 0 Å². The fraction of sp³-hybridized carbons (Fsp3) is 0.318. The fourth-order valence-electron chi connectivity index (χ4n) is 3.81. The quantitative estimate of drug-likeness (QED) is 0.496. The molecule has 1 fully saturated rings. The monoisotopic (exact) mass is 437 g/mol. The summed E-state index contributed by atoms with van der Waals surface area (Å²) in [5.41, 5.74) is 1.90. The van der Waals surface area contributed by atoms with Crippen LogP contribution in [0.15, 0.2) is 53.3 Å². The van der Waals surface area contributed by atoms with Crippen molar-refractivity contribution in [3.8, 4) is 17.0 Å². The van der Waals surface area contributed by atoms with Gasteiger partial charge < -0.3 is 19.4 Å². The number of furan rings is 1. The fourth-order valence-corrected chi connectivity index (χ4v) is 4.73. The summed E-state index contributed by atoms with van der Waals surface area (Å²) in [5.74, 6) is 1.58. The SMILES string of the molecule is COc1ccc(-c2cn3nc(N4CCC[C@H](C(=O)NCc5ccco5)C4)sc3n2)cc1. The molecule has 0 aliphatic carbocycles. The molecule has 0 spiro atoms. The van der Waals surface area contributed by atoms with E-state index in [9.17, 15) is 4.79 Å². The first kappa shape index (κ1) is 19.6. The highest BCUT2D eigenvalue weighted by atomic mass is 32.1. The van der Waals surface area contributed by atoms with E-state index in [1.165, 1.54) is 0 Å². The van der Waals surface area contributed by atoms with E-state index < -0.39 is 0 Å². The number of benzene rings is 1. The second-order valence-electron chi connectivity index (χ2n) is 7.55. The summed E-state index contributed by atoms with van der Waals surface area (Å²) < 4.78 is 12.3. The lowest BCUT2D eigenvalue weighted by Crippen LogP contribution is -2.43. The predicted molar refractivity (Wildman–Crippen MR) is 118 cm³/mol. The lowest BCUT2D eigenvalue weighted by atomic mass is 9.97. The van der Waals surface area contributed by atoms with Gasteiger partial charge in [0.25, 0.3) is 0 Å². The smallest absolute Gasteiger partial charge is 0.225 e. The minimum absolute atomic E-state index is 0.0595. The number of piperidine rings is 1. The number of nitrogens with one attached hydrogen (secondary N) is 1. The molecule has 1 aliphatic heterocycles. The molecule has 8 nitrogen and oxygen atoms in total. The summed E-state index contributed by atoms with van der Waals surface area (Å²) in [7, 11) is 1.65. The first-order valence-electron chi connectivity index (χ1n) is 10.3. The van der Waals surface area contributed by atoms with Gasteiger partial charge in [0, 0.05) is 18.7 Å². The third-order valence-corrected chi connectivity index (χ3v) is 6.48. The topological polar surface area (TPSA) is 84.9 Å². The van der Waals surface area contributed by atoms with Gasteiger partial charge in [-0.1, -0.05) is 11.3 Å². The number of carbonyl (C=O) groups is 1. The van der Waals surface area contributed by atoms with Crippen LogP contribution < -0.4 is 15.0 Å². The summed E-state index contributed by atoms with van der Waals surface area (Å²) in [6.45, 7) is 1.97. The van der Waals surface area contributed by atoms with Crippen molar-refractivity contribution in [1.82, 2.24) is 19.9 Å². The highest BCUT2D eigenvalue weighted by molar-refractivity contribution is 7.20. The molecule has 1 N–H and O–H groups in total. The summed E-state index contributed by atoms with van der Waals surface area (Å²) in [6.07, 6.45) is 5.39. The molecule has 4 heterocycles. The lowest BCUT2D eigenvalue weighted by molar-refractivity contribution is -0.125. The number of aromatic nitrogens is 3. The van der Waals surface area contributed by atoms with Gasteiger partial charge in [-0.25, -0.2) is 9.50 Å². The van der Waals surface area contributed by atoms with Gasteiger partial charge >= 0.3 is 0 Å². The van der Waals surface area contributed by atoms with E-state index >= 15 is 0 Å². The first-order chi connectivity index (χ1) is 15.2. The Kier molecular flexibility index (Phi) is 5.33. The van der Waals surface area contributed by atoms with Gasteiger partial charge in [-0.3, -0.25) is 4.79 Å². The van der Waals surface area contributed by atoms with Crippen LogP contribution in [0.2, 0.25) is 0 Å².